The van der Waals surface area contributed by atoms with Crippen molar-refractivity contribution >= 4 is 15.7 Å². The molecule has 1 saturated carbocycles. The van der Waals surface area contributed by atoms with Crippen molar-refractivity contribution in [2.24, 2.45) is 0 Å². The van der Waals surface area contributed by atoms with Crippen LogP contribution in [0.4, 0.5) is 5.69 Å². The summed E-state index contributed by atoms with van der Waals surface area (Å²) in [6, 6.07) is 11.4. The second-order valence-corrected chi connectivity index (χ2v) is 8.18. The summed E-state index contributed by atoms with van der Waals surface area (Å²) in [5.74, 6) is 1.32. The number of hydrogen-bond donors (Lipinski definition) is 1. The summed E-state index contributed by atoms with van der Waals surface area (Å²) in [6.45, 7) is 2.41. The van der Waals surface area contributed by atoms with E-state index in [0.29, 0.717) is 29.5 Å². The maximum Gasteiger partial charge on any atom is 0.261 e. The second kappa shape index (κ2) is 6.39. The molecule has 138 valence electrons. The first-order chi connectivity index (χ1) is 12.5. The van der Waals surface area contributed by atoms with Crippen LogP contribution in [0.2, 0.25) is 0 Å². The van der Waals surface area contributed by atoms with Crippen molar-refractivity contribution in [1.29, 1.82) is 0 Å². The molecule has 0 atom stereocenters. The molecule has 0 unspecified atom stereocenters. The van der Waals surface area contributed by atoms with Gasteiger partial charge in [-0.1, -0.05) is 0 Å². The van der Waals surface area contributed by atoms with E-state index in [4.69, 9.17) is 14.2 Å². The summed E-state index contributed by atoms with van der Waals surface area (Å²) in [4.78, 5) is 0.172. The van der Waals surface area contributed by atoms with Crippen LogP contribution in [0.15, 0.2) is 47.4 Å². The van der Waals surface area contributed by atoms with E-state index in [2.05, 4.69) is 4.72 Å². The zero-order chi connectivity index (χ0) is 18.2. The Morgan fingerprint density at radius 1 is 1.04 bits per heavy atom. The summed E-state index contributed by atoms with van der Waals surface area (Å²) in [5.41, 5.74) is 0.441. The van der Waals surface area contributed by atoms with Gasteiger partial charge in [0.2, 0.25) is 0 Å². The van der Waals surface area contributed by atoms with Gasteiger partial charge in [-0.3, -0.25) is 4.72 Å². The van der Waals surface area contributed by atoms with E-state index in [9.17, 15) is 8.42 Å². The summed E-state index contributed by atoms with van der Waals surface area (Å²) < 4.78 is 45.1. The van der Waals surface area contributed by atoms with Crippen LogP contribution in [0, 0.1) is 0 Å². The third-order valence-corrected chi connectivity index (χ3v) is 6.00. The van der Waals surface area contributed by atoms with E-state index in [-0.39, 0.29) is 4.90 Å². The van der Waals surface area contributed by atoms with Crippen molar-refractivity contribution in [2.75, 3.05) is 11.3 Å². The molecule has 0 amide bonds. The average molecular weight is 375 g/mol. The Labute approximate surface area is 153 Å². The third-order valence-electron chi connectivity index (χ3n) is 4.60. The van der Waals surface area contributed by atoms with Crippen molar-refractivity contribution < 1.29 is 22.6 Å². The Bertz CT molecular complexity index is 902. The number of anilines is 1. The molecule has 1 aliphatic carbocycles. The molecule has 1 heterocycles. The van der Waals surface area contributed by atoms with Crippen LogP contribution in [0.3, 0.4) is 0 Å². The van der Waals surface area contributed by atoms with Crippen molar-refractivity contribution in [2.45, 2.75) is 43.3 Å². The van der Waals surface area contributed by atoms with E-state index in [0.717, 1.165) is 25.7 Å². The molecular weight excluding hydrogens is 354 g/mol. The predicted octanol–water partition coefficient (Wildman–Crippen LogP) is 3.93. The van der Waals surface area contributed by atoms with Gasteiger partial charge in [-0.15, -0.1) is 0 Å². The molecule has 2 aromatic carbocycles. The lowest BCUT2D eigenvalue weighted by Crippen LogP contribution is -2.34. The fraction of sp³-hybridized carbons (Fsp3) is 0.368. The predicted molar refractivity (Wildman–Crippen MR) is 97.3 cm³/mol. The topological polar surface area (TPSA) is 73.9 Å². The Morgan fingerprint density at radius 3 is 2.42 bits per heavy atom. The number of sulfonamides is 1. The van der Waals surface area contributed by atoms with Gasteiger partial charge in [0.25, 0.3) is 15.8 Å². The highest BCUT2D eigenvalue weighted by atomic mass is 32.2. The summed E-state index contributed by atoms with van der Waals surface area (Å²) in [6.07, 6.45) is 3.86. The van der Waals surface area contributed by atoms with Crippen molar-refractivity contribution in [3.63, 3.8) is 0 Å². The van der Waals surface area contributed by atoms with Gasteiger partial charge in [0.05, 0.1) is 17.2 Å². The fourth-order valence-corrected chi connectivity index (χ4v) is 4.42. The van der Waals surface area contributed by atoms with Crippen LogP contribution in [0.5, 0.6) is 17.2 Å². The smallest absolute Gasteiger partial charge is 0.261 e. The number of rotatable bonds is 5. The van der Waals surface area contributed by atoms with Crippen molar-refractivity contribution in [3.8, 4) is 17.2 Å². The number of fused-ring (bicyclic) bond motifs is 1. The number of hydrogen-bond acceptors (Lipinski definition) is 5. The summed E-state index contributed by atoms with van der Waals surface area (Å²) >= 11 is 0. The zero-order valence-electron chi connectivity index (χ0n) is 14.5. The van der Waals surface area contributed by atoms with E-state index in [1.165, 1.54) is 12.1 Å². The molecule has 1 aliphatic heterocycles. The molecule has 0 saturated heterocycles. The number of nitrogens with one attached hydrogen (secondary N) is 1. The maximum absolute atomic E-state index is 12.6. The van der Waals surface area contributed by atoms with Crippen LogP contribution < -0.4 is 18.9 Å². The molecular formula is C19H21NO5S. The van der Waals surface area contributed by atoms with Gasteiger partial charge >= 0.3 is 0 Å². The summed E-state index contributed by atoms with van der Waals surface area (Å²) in [5, 5.41) is 0. The van der Waals surface area contributed by atoms with E-state index in [1.807, 2.05) is 6.92 Å². The van der Waals surface area contributed by atoms with Gasteiger partial charge in [0.1, 0.15) is 5.75 Å². The minimum Gasteiger partial charge on any atom is -0.494 e. The van der Waals surface area contributed by atoms with Gasteiger partial charge in [0, 0.05) is 18.9 Å². The number of benzene rings is 2. The van der Waals surface area contributed by atoms with Crippen molar-refractivity contribution in [1.82, 2.24) is 0 Å². The molecule has 0 bridgehead atoms. The summed E-state index contributed by atoms with van der Waals surface area (Å²) in [7, 11) is -3.69. The standard InChI is InChI=1S/C19H21NO5S/c1-2-23-15-6-8-16(9-7-15)26(21,22)20-14-5-10-17-18(13-14)25-19(24-17)11-3-4-12-19/h5-10,13,20H,2-4,11-12H2,1H3. The zero-order valence-corrected chi connectivity index (χ0v) is 15.3. The first-order valence-corrected chi connectivity index (χ1v) is 10.3. The first kappa shape index (κ1) is 17.0. The van der Waals surface area contributed by atoms with E-state index in [1.54, 1.807) is 30.3 Å². The Morgan fingerprint density at radius 2 is 1.73 bits per heavy atom. The van der Waals surface area contributed by atoms with Crippen LogP contribution in [0.25, 0.3) is 0 Å². The van der Waals surface area contributed by atoms with E-state index < -0.39 is 15.8 Å². The highest BCUT2D eigenvalue weighted by Crippen LogP contribution is 2.47. The van der Waals surface area contributed by atoms with Crippen LogP contribution in [0.1, 0.15) is 32.6 Å². The van der Waals surface area contributed by atoms with Gasteiger partial charge in [0.15, 0.2) is 11.5 Å². The van der Waals surface area contributed by atoms with Crippen LogP contribution in [-0.4, -0.2) is 20.8 Å². The largest absolute Gasteiger partial charge is 0.494 e. The molecule has 6 nitrogen and oxygen atoms in total. The molecule has 26 heavy (non-hydrogen) atoms. The average Bonchev–Trinajstić information content (AvgIpc) is 3.21. The molecule has 2 aliphatic rings. The second-order valence-electron chi connectivity index (χ2n) is 6.49. The Kier molecular flexibility index (Phi) is 4.19. The quantitative estimate of drug-likeness (QED) is 0.857. The molecule has 1 fully saturated rings. The fourth-order valence-electron chi connectivity index (χ4n) is 3.37. The van der Waals surface area contributed by atoms with Gasteiger partial charge in [-0.05, 0) is 56.2 Å². The van der Waals surface area contributed by atoms with Crippen LogP contribution in [-0.2, 0) is 10.0 Å². The minimum absolute atomic E-state index is 0.172. The molecule has 1 N–H and O–H groups in total. The lowest BCUT2D eigenvalue weighted by molar-refractivity contribution is -0.0716. The lowest BCUT2D eigenvalue weighted by atomic mass is 10.2. The Balaban J connectivity index is 1.52. The van der Waals surface area contributed by atoms with Gasteiger partial charge in [-0.2, -0.15) is 0 Å². The monoisotopic (exact) mass is 375 g/mol. The first-order valence-electron chi connectivity index (χ1n) is 8.77. The maximum atomic E-state index is 12.6. The van der Waals surface area contributed by atoms with Crippen LogP contribution >= 0.6 is 0 Å². The molecule has 2 aromatic rings. The third kappa shape index (κ3) is 3.19. The molecule has 0 radical (unpaired) electrons. The normalized spacial score (nSPS) is 17.4. The number of ether oxygens (including phenoxy) is 3. The SMILES string of the molecule is CCOc1ccc(S(=O)(=O)Nc2ccc3c(c2)OC2(CCCC2)O3)cc1. The highest BCUT2D eigenvalue weighted by Gasteiger charge is 2.44. The highest BCUT2D eigenvalue weighted by molar-refractivity contribution is 7.92. The van der Waals surface area contributed by atoms with Gasteiger partial charge in [-0.25, -0.2) is 8.42 Å². The van der Waals surface area contributed by atoms with E-state index >= 15 is 0 Å². The van der Waals surface area contributed by atoms with Gasteiger partial charge < -0.3 is 14.2 Å². The molecule has 4 rings (SSSR count). The molecule has 7 heteroatoms. The van der Waals surface area contributed by atoms with Crippen molar-refractivity contribution in [3.05, 3.63) is 42.5 Å². The molecule has 1 spiro atoms. The molecule has 0 aromatic heterocycles. The Hall–Kier alpha value is -2.41. The minimum atomic E-state index is -3.69. The lowest BCUT2D eigenvalue weighted by Gasteiger charge is -2.21.